The van der Waals surface area contributed by atoms with Gasteiger partial charge in [-0.25, -0.2) is 0 Å². The second-order valence-corrected chi connectivity index (χ2v) is 7.89. The van der Waals surface area contributed by atoms with Crippen LogP contribution in [0.1, 0.15) is 49.9 Å². The highest BCUT2D eigenvalue weighted by Gasteiger charge is 2.22. The predicted octanol–water partition coefficient (Wildman–Crippen LogP) is 4.88. The number of hydrogen-bond donors (Lipinski definition) is 2. The maximum atomic E-state index is 12.6. The second-order valence-electron chi connectivity index (χ2n) is 7.89. The third-order valence-corrected chi connectivity index (χ3v) is 5.49. The number of carbonyl (C=O) groups excluding carboxylic acids is 2. The number of benzene rings is 2. The van der Waals surface area contributed by atoms with Crippen LogP contribution in [0.4, 0.5) is 0 Å². The normalized spacial score (nSPS) is 25.8. The fourth-order valence-electron chi connectivity index (χ4n) is 3.82. The summed E-state index contributed by atoms with van der Waals surface area (Å²) < 4.78 is 0. The van der Waals surface area contributed by atoms with Gasteiger partial charge in [0, 0.05) is 12.8 Å². The molecule has 2 N–H and O–H groups in total. The van der Waals surface area contributed by atoms with Crippen molar-refractivity contribution in [2.24, 2.45) is 11.8 Å². The lowest BCUT2D eigenvalue weighted by atomic mass is 9.92. The molecule has 4 nitrogen and oxygen atoms in total. The molecule has 1 aliphatic heterocycles. The van der Waals surface area contributed by atoms with E-state index in [0.29, 0.717) is 12.8 Å². The molecule has 0 bridgehead atoms. The molecule has 3 rings (SSSR count). The van der Waals surface area contributed by atoms with Crippen molar-refractivity contribution in [2.75, 3.05) is 0 Å². The van der Waals surface area contributed by atoms with Crippen LogP contribution in [0.2, 0.25) is 0 Å². The van der Waals surface area contributed by atoms with Gasteiger partial charge in [0.1, 0.15) is 0 Å². The van der Waals surface area contributed by atoms with Gasteiger partial charge in [-0.15, -0.1) is 0 Å². The number of rotatable bonds is 2. The van der Waals surface area contributed by atoms with Gasteiger partial charge in [-0.1, -0.05) is 98.8 Å². The third-order valence-electron chi connectivity index (χ3n) is 5.49. The molecule has 0 radical (unpaired) electrons. The molecule has 2 aromatic rings. The summed E-state index contributed by atoms with van der Waals surface area (Å²) in [5, 5.41) is 6.33. The van der Waals surface area contributed by atoms with Crippen LogP contribution < -0.4 is 10.6 Å². The SMILES string of the molecule is C[C@@H]1C=CCC(=O)N[C@@H](c2ccccc2)[C@H](C)C=CCC(=O)N[C@@H]1c1ccccc1. The Labute approximate surface area is 179 Å². The molecular weight excluding hydrogens is 372 g/mol. The molecule has 156 valence electrons. The summed E-state index contributed by atoms with van der Waals surface area (Å²) >= 11 is 0. The van der Waals surface area contributed by atoms with E-state index >= 15 is 0 Å². The van der Waals surface area contributed by atoms with Gasteiger partial charge in [0.15, 0.2) is 0 Å². The number of nitrogens with one attached hydrogen (secondary N) is 2. The van der Waals surface area contributed by atoms with Crippen molar-refractivity contribution >= 4 is 11.8 Å². The van der Waals surface area contributed by atoms with Gasteiger partial charge in [0.05, 0.1) is 12.1 Å². The molecule has 0 spiro atoms. The quantitative estimate of drug-likeness (QED) is 0.704. The van der Waals surface area contributed by atoms with Crippen LogP contribution in [0.3, 0.4) is 0 Å². The van der Waals surface area contributed by atoms with Crippen molar-refractivity contribution < 1.29 is 9.59 Å². The molecule has 4 heteroatoms. The van der Waals surface area contributed by atoms with E-state index in [2.05, 4.69) is 24.5 Å². The number of hydrogen-bond acceptors (Lipinski definition) is 2. The van der Waals surface area contributed by atoms with Crippen molar-refractivity contribution in [3.63, 3.8) is 0 Å². The Kier molecular flexibility index (Phi) is 7.61. The first-order valence-corrected chi connectivity index (χ1v) is 10.6. The van der Waals surface area contributed by atoms with Crippen molar-refractivity contribution in [2.45, 2.75) is 38.8 Å². The minimum Gasteiger partial charge on any atom is -0.348 e. The topological polar surface area (TPSA) is 58.2 Å². The van der Waals surface area contributed by atoms with Crippen LogP contribution >= 0.6 is 0 Å². The monoisotopic (exact) mass is 402 g/mol. The van der Waals surface area contributed by atoms with Crippen LogP contribution in [0, 0.1) is 11.8 Å². The van der Waals surface area contributed by atoms with E-state index in [-0.39, 0.29) is 35.7 Å². The van der Waals surface area contributed by atoms with E-state index in [1.54, 1.807) is 0 Å². The summed E-state index contributed by atoms with van der Waals surface area (Å²) in [6, 6.07) is 19.6. The summed E-state index contributed by atoms with van der Waals surface area (Å²) in [7, 11) is 0. The summed E-state index contributed by atoms with van der Waals surface area (Å²) in [4.78, 5) is 25.3. The summed E-state index contributed by atoms with van der Waals surface area (Å²) in [5.41, 5.74) is 2.11. The fourth-order valence-corrected chi connectivity index (χ4v) is 3.82. The zero-order valence-corrected chi connectivity index (χ0v) is 17.6. The molecule has 2 aromatic carbocycles. The highest BCUT2D eigenvalue weighted by atomic mass is 16.2. The predicted molar refractivity (Wildman–Crippen MR) is 120 cm³/mol. The Morgan fingerprint density at radius 2 is 1.00 bits per heavy atom. The van der Waals surface area contributed by atoms with E-state index in [4.69, 9.17) is 0 Å². The van der Waals surface area contributed by atoms with Crippen LogP contribution in [0.25, 0.3) is 0 Å². The summed E-state index contributed by atoms with van der Waals surface area (Å²) in [6.45, 7) is 4.12. The van der Waals surface area contributed by atoms with Crippen LogP contribution in [0.15, 0.2) is 85.0 Å². The third kappa shape index (κ3) is 5.93. The Morgan fingerprint density at radius 1 is 0.633 bits per heavy atom. The molecule has 0 fully saturated rings. The van der Waals surface area contributed by atoms with Crippen LogP contribution in [0.5, 0.6) is 0 Å². The lowest BCUT2D eigenvalue weighted by Crippen LogP contribution is -2.33. The first-order chi connectivity index (χ1) is 14.5. The Morgan fingerprint density at radius 3 is 1.37 bits per heavy atom. The molecule has 0 saturated heterocycles. The van der Waals surface area contributed by atoms with Crippen molar-refractivity contribution in [1.29, 1.82) is 0 Å². The van der Waals surface area contributed by atoms with Gasteiger partial charge in [-0.05, 0) is 23.0 Å². The molecule has 30 heavy (non-hydrogen) atoms. The molecule has 0 aromatic heterocycles. The number of amides is 2. The van der Waals surface area contributed by atoms with Gasteiger partial charge in [0.25, 0.3) is 0 Å². The maximum absolute atomic E-state index is 12.6. The van der Waals surface area contributed by atoms with E-state index in [9.17, 15) is 9.59 Å². The average Bonchev–Trinajstić information content (AvgIpc) is 2.76. The smallest absolute Gasteiger partial charge is 0.224 e. The molecule has 1 aliphatic rings. The molecule has 0 aliphatic carbocycles. The van der Waals surface area contributed by atoms with Crippen LogP contribution in [-0.2, 0) is 9.59 Å². The van der Waals surface area contributed by atoms with Gasteiger partial charge < -0.3 is 10.6 Å². The van der Waals surface area contributed by atoms with Gasteiger partial charge in [0.2, 0.25) is 11.8 Å². The van der Waals surface area contributed by atoms with Crippen molar-refractivity contribution in [3.05, 3.63) is 96.1 Å². The minimum atomic E-state index is -0.135. The fraction of sp³-hybridized carbons (Fsp3) is 0.308. The molecule has 1 heterocycles. The Balaban J connectivity index is 1.84. The first kappa shape index (κ1) is 21.6. The Bertz CT molecular complexity index is 814. The maximum Gasteiger partial charge on any atom is 0.224 e. The van der Waals surface area contributed by atoms with Gasteiger partial charge in [-0.2, -0.15) is 0 Å². The molecule has 2 amide bonds. The number of carbonyl (C=O) groups is 2. The highest BCUT2D eigenvalue weighted by molar-refractivity contribution is 5.79. The first-order valence-electron chi connectivity index (χ1n) is 10.6. The molecule has 0 saturated carbocycles. The standard InChI is InChI=1S/C26H30N2O2/c1-19-11-9-17-24(30)28-26(22-15-7-4-8-16-22)20(2)12-10-18-23(29)27-25(19)21-13-5-3-6-14-21/h3-16,19-20,25-26H,17-18H2,1-2H3,(H,27,29)(H,28,30)/t19-,20-,25-,26+/m1/s1. The molecule has 0 unspecified atom stereocenters. The zero-order valence-electron chi connectivity index (χ0n) is 17.6. The summed E-state index contributed by atoms with van der Waals surface area (Å²) in [6.07, 6.45) is 8.44. The van der Waals surface area contributed by atoms with E-state index in [1.165, 1.54) is 0 Å². The molecular formula is C26H30N2O2. The summed E-state index contributed by atoms with van der Waals surface area (Å²) in [5.74, 6) is 0.0923. The Hall–Kier alpha value is -3.14. The lowest BCUT2D eigenvalue weighted by Gasteiger charge is -2.25. The second kappa shape index (κ2) is 10.6. The zero-order chi connectivity index (χ0) is 21.3. The minimum absolute atomic E-state index is 0.00934. The van der Waals surface area contributed by atoms with E-state index in [0.717, 1.165) is 11.1 Å². The largest absolute Gasteiger partial charge is 0.348 e. The van der Waals surface area contributed by atoms with Crippen LogP contribution in [-0.4, -0.2) is 11.8 Å². The van der Waals surface area contributed by atoms with E-state index < -0.39 is 0 Å². The van der Waals surface area contributed by atoms with E-state index in [1.807, 2.05) is 85.0 Å². The van der Waals surface area contributed by atoms with Gasteiger partial charge in [-0.3, -0.25) is 9.59 Å². The molecule has 4 atom stereocenters. The highest BCUT2D eigenvalue weighted by Crippen LogP contribution is 2.25. The lowest BCUT2D eigenvalue weighted by molar-refractivity contribution is -0.122. The van der Waals surface area contributed by atoms with Gasteiger partial charge >= 0.3 is 0 Å². The van der Waals surface area contributed by atoms with Crippen molar-refractivity contribution in [3.8, 4) is 0 Å². The van der Waals surface area contributed by atoms with Crippen molar-refractivity contribution in [1.82, 2.24) is 10.6 Å². The average molecular weight is 403 g/mol.